The molecule has 0 radical (unpaired) electrons. The molecule has 1 unspecified atom stereocenters. The Morgan fingerprint density at radius 2 is 2.11 bits per heavy atom. The number of carbonyl (C=O) groups excluding carboxylic acids is 1. The minimum absolute atomic E-state index is 0.241. The molecule has 2 N–H and O–H groups in total. The maximum absolute atomic E-state index is 12.2. The van der Waals surface area contributed by atoms with E-state index in [2.05, 4.69) is 13.8 Å². The monoisotopic (exact) mass is 262 g/mol. The van der Waals surface area contributed by atoms with Gasteiger partial charge in [0.1, 0.15) is 0 Å². The molecular weight excluding hydrogens is 236 g/mol. The van der Waals surface area contributed by atoms with Gasteiger partial charge in [-0.15, -0.1) is 0 Å². The third-order valence-electron chi connectivity index (χ3n) is 3.54. The molecule has 0 fully saturated rings. The van der Waals surface area contributed by atoms with Crippen molar-refractivity contribution in [2.24, 2.45) is 5.92 Å². The van der Waals surface area contributed by atoms with Crippen LogP contribution < -0.4 is 5.73 Å². The number of carbonyl (C=O) groups is 1. The van der Waals surface area contributed by atoms with Crippen LogP contribution in [0.2, 0.25) is 0 Å². The summed E-state index contributed by atoms with van der Waals surface area (Å²) >= 11 is 0. The van der Waals surface area contributed by atoms with Crippen LogP contribution in [0.25, 0.3) is 0 Å². The summed E-state index contributed by atoms with van der Waals surface area (Å²) in [6.45, 7) is 8.05. The van der Waals surface area contributed by atoms with Gasteiger partial charge in [-0.05, 0) is 37.0 Å². The van der Waals surface area contributed by atoms with Crippen molar-refractivity contribution in [3.8, 4) is 0 Å². The van der Waals surface area contributed by atoms with Crippen LogP contribution in [0.15, 0.2) is 24.3 Å². The normalized spacial score (nSPS) is 12.2. The summed E-state index contributed by atoms with van der Waals surface area (Å²) < 4.78 is 0. The van der Waals surface area contributed by atoms with Crippen LogP contribution in [0.4, 0.5) is 5.69 Å². The molecule has 0 saturated heterocycles. The molecule has 0 heterocycles. The fourth-order valence-electron chi connectivity index (χ4n) is 2.07. The molecule has 0 saturated carbocycles. The van der Waals surface area contributed by atoms with Gasteiger partial charge in [0.15, 0.2) is 0 Å². The van der Waals surface area contributed by atoms with Crippen molar-refractivity contribution in [3.05, 3.63) is 29.8 Å². The molecule has 3 nitrogen and oxygen atoms in total. The predicted molar refractivity (Wildman–Crippen MR) is 80.9 cm³/mol. The van der Waals surface area contributed by atoms with E-state index >= 15 is 0 Å². The summed E-state index contributed by atoms with van der Waals surface area (Å²) in [6.07, 6.45) is 2.44. The minimum atomic E-state index is 0.241. The number of nitrogen functional groups attached to an aromatic ring is 1. The first kappa shape index (κ1) is 15.5. The van der Waals surface area contributed by atoms with Crippen molar-refractivity contribution < 1.29 is 4.79 Å². The lowest BCUT2D eigenvalue weighted by molar-refractivity contribution is -0.131. The van der Waals surface area contributed by atoms with Crippen molar-refractivity contribution in [2.45, 2.75) is 40.0 Å². The Kier molecular flexibility index (Phi) is 6.40. The van der Waals surface area contributed by atoms with Crippen molar-refractivity contribution >= 4 is 11.6 Å². The van der Waals surface area contributed by atoms with Gasteiger partial charge in [0.25, 0.3) is 0 Å². The maximum atomic E-state index is 12.2. The Bertz CT molecular complexity index is 403. The van der Waals surface area contributed by atoms with E-state index in [9.17, 15) is 4.79 Å². The first-order valence-electron chi connectivity index (χ1n) is 7.19. The Labute approximate surface area is 116 Å². The van der Waals surface area contributed by atoms with E-state index in [0.717, 1.165) is 37.2 Å². The summed E-state index contributed by atoms with van der Waals surface area (Å²) in [5.74, 6) is 0.807. The minimum Gasteiger partial charge on any atom is -0.399 e. The lowest BCUT2D eigenvalue weighted by Crippen LogP contribution is -2.34. The molecule has 106 valence electrons. The van der Waals surface area contributed by atoms with Crippen molar-refractivity contribution in [3.63, 3.8) is 0 Å². The maximum Gasteiger partial charge on any atom is 0.222 e. The smallest absolute Gasteiger partial charge is 0.222 e. The molecule has 1 amide bonds. The average molecular weight is 262 g/mol. The number of aryl methyl sites for hydroxylation is 1. The number of nitrogens with two attached hydrogens (primary N) is 1. The van der Waals surface area contributed by atoms with Gasteiger partial charge in [0.2, 0.25) is 5.91 Å². The number of hydrogen-bond donors (Lipinski definition) is 1. The quantitative estimate of drug-likeness (QED) is 0.767. The third kappa shape index (κ3) is 5.33. The second-order valence-corrected chi connectivity index (χ2v) is 5.19. The number of amides is 1. The van der Waals surface area contributed by atoms with E-state index in [1.165, 1.54) is 0 Å². The van der Waals surface area contributed by atoms with Crippen molar-refractivity contribution in [1.29, 1.82) is 0 Å². The number of rotatable bonds is 7. The second kappa shape index (κ2) is 7.82. The first-order valence-corrected chi connectivity index (χ1v) is 7.19. The van der Waals surface area contributed by atoms with Crippen LogP contribution in [-0.2, 0) is 11.2 Å². The molecule has 1 aromatic carbocycles. The molecular formula is C16H26N2O. The van der Waals surface area contributed by atoms with E-state index in [4.69, 9.17) is 5.73 Å². The molecule has 19 heavy (non-hydrogen) atoms. The van der Waals surface area contributed by atoms with Gasteiger partial charge in [-0.25, -0.2) is 0 Å². The van der Waals surface area contributed by atoms with Gasteiger partial charge >= 0.3 is 0 Å². The molecule has 1 atom stereocenters. The largest absolute Gasteiger partial charge is 0.399 e. The Balaban J connectivity index is 2.49. The molecule has 0 aliphatic rings. The highest BCUT2D eigenvalue weighted by Gasteiger charge is 2.13. The highest BCUT2D eigenvalue weighted by atomic mass is 16.2. The summed E-state index contributed by atoms with van der Waals surface area (Å²) in [7, 11) is 0. The Morgan fingerprint density at radius 3 is 2.68 bits per heavy atom. The van der Waals surface area contributed by atoms with Crippen molar-refractivity contribution in [2.75, 3.05) is 18.8 Å². The fourth-order valence-corrected chi connectivity index (χ4v) is 2.07. The SMILES string of the molecule is CCC(C)CN(CC)C(=O)CCc1cccc(N)c1. The molecule has 1 rings (SSSR count). The van der Waals surface area contributed by atoms with Crippen LogP contribution >= 0.6 is 0 Å². The molecule has 0 bridgehead atoms. The Hall–Kier alpha value is -1.51. The number of nitrogens with zero attached hydrogens (tertiary/aromatic N) is 1. The van der Waals surface area contributed by atoms with E-state index in [1.807, 2.05) is 36.1 Å². The van der Waals surface area contributed by atoms with Gasteiger partial charge in [-0.3, -0.25) is 4.79 Å². The number of hydrogen-bond acceptors (Lipinski definition) is 2. The van der Waals surface area contributed by atoms with Gasteiger partial charge in [0, 0.05) is 25.2 Å². The molecule has 3 heteroatoms. The van der Waals surface area contributed by atoms with Gasteiger partial charge in [-0.2, -0.15) is 0 Å². The zero-order valence-corrected chi connectivity index (χ0v) is 12.4. The summed E-state index contributed by atoms with van der Waals surface area (Å²) in [5, 5.41) is 0. The number of anilines is 1. The van der Waals surface area contributed by atoms with Gasteiger partial charge < -0.3 is 10.6 Å². The van der Waals surface area contributed by atoms with Crippen LogP contribution in [0.1, 0.15) is 39.2 Å². The second-order valence-electron chi connectivity index (χ2n) is 5.19. The highest BCUT2D eigenvalue weighted by Crippen LogP contribution is 2.11. The van der Waals surface area contributed by atoms with E-state index in [1.54, 1.807) is 0 Å². The molecule has 0 aromatic heterocycles. The third-order valence-corrected chi connectivity index (χ3v) is 3.54. The van der Waals surface area contributed by atoms with Crippen LogP contribution in [0.5, 0.6) is 0 Å². The van der Waals surface area contributed by atoms with Crippen molar-refractivity contribution in [1.82, 2.24) is 4.90 Å². The zero-order valence-electron chi connectivity index (χ0n) is 12.4. The lowest BCUT2D eigenvalue weighted by atomic mass is 10.1. The van der Waals surface area contributed by atoms with Crippen LogP contribution in [0, 0.1) is 5.92 Å². The van der Waals surface area contributed by atoms with E-state index in [0.29, 0.717) is 12.3 Å². The topological polar surface area (TPSA) is 46.3 Å². The van der Waals surface area contributed by atoms with Gasteiger partial charge in [-0.1, -0.05) is 32.4 Å². The summed E-state index contributed by atoms with van der Waals surface area (Å²) in [6, 6.07) is 7.77. The zero-order chi connectivity index (χ0) is 14.3. The lowest BCUT2D eigenvalue weighted by Gasteiger charge is -2.24. The molecule has 0 aliphatic carbocycles. The molecule has 0 spiro atoms. The summed E-state index contributed by atoms with van der Waals surface area (Å²) in [5.41, 5.74) is 7.63. The first-order chi connectivity index (χ1) is 9.06. The Morgan fingerprint density at radius 1 is 1.37 bits per heavy atom. The standard InChI is InChI=1S/C16H26N2O/c1-4-13(3)12-18(5-2)16(19)10-9-14-7-6-8-15(17)11-14/h6-8,11,13H,4-5,9-10,12,17H2,1-3H3. The van der Waals surface area contributed by atoms with Crippen LogP contribution in [0.3, 0.4) is 0 Å². The van der Waals surface area contributed by atoms with E-state index in [-0.39, 0.29) is 5.91 Å². The molecule has 1 aromatic rings. The number of benzene rings is 1. The summed E-state index contributed by atoms with van der Waals surface area (Å²) in [4.78, 5) is 14.1. The van der Waals surface area contributed by atoms with Crippen LogP contribution in [-0.4, -0.2) is 23.9 Å². The highest BCUT2D eigenvalue weighted by molar-refractivity contribution is 5.76. The molecule has 0 aliphatic heterocycles. The predicted octanol–water partition coefficient (Wildman–Crippen LogP) is 3.10. The average Bonchev–Trinajstić information content (AvgIpc) is 2.41. The van der Waals surface area contributed by atoms with Gasteiger partial charge in [0.05, 0.1) is 0 Å². The van der Waals surface area contributed by atoms with E-state index < -0.39 is 0 Å². The fraction of sp³-hybridized carbons (Fsp3) is 0.562.